The molecule has 1 aliphatic heterocycles. The van der Waals surface area contributed by atoms with E-state index in [1.165, 1.54) is 6.33 Å². The zero-order chi connectivity index (χ0) is 19.3. The van der Waals surface area contributed by atoms with E-state index >= 15 is 0 Å². The Kier molecular flexibility index (Phi) is 4.68. The van der Waals surface area contributed by atoms with Crippen LogP contribution in [0.1, 0.15) is 46.1 Å². The average Bonchev–Trinajstić information content (AvgIpc) is 3.15. The molecule has 9 heteroatoms. The maximum atomic E-state index is 12.4. The van der Waals surface area contributed by atoms with Gasteiger partial charge in [-0.2, -0.15) is 5.10 Å². The second-order valence-corrected chi connectivity index (χ2v) is 9.59. The normalized spacial score (nSPS) is 25.6. The second kappa shape index (κ2) is 6.75. The van der Waals surface area contributed by atoms with Gasteiger partial charge in [0, 0.05) is 13.1 Å². The van der Waals surface area contributed by atoms with Gasteiger partial charge in [-0.1, -0.05) is 0 Å². The molecule has 1 amide bonds. The monoisotopic (exact) mass is 484 g/mol. The predicted molar refractivity (Wildman–Crippen MR) is 110 cm³/mol. The number of carbonyl (C=O) groups excluding carboxylic acids is 1. The van der Waals surface area contributed by atoms with Crippen molar-refractivity contribution in [3.05, 3.63) is 10.0 Å². The lowest BCUT2D eigenvalue weighted by Gasteiger charge is -2.30. The molecule has 0 radical (unpaired) electrons. The highest BCUT2D eigenvalue weighted by Crippen LogP contribution is 2.42. The van der Waals surface area contributed by atoms with Crippen LogP contribution in [0.4, 0.5) is 10.6 Å². The number of nitrogen functional groups attached to an aromatic ring is 1. The SMILES string of the molecule is CC(C)(C)OC(=O)N1CC2CC[C@@H](n3nc(I)c4c(N)ncnc43)C[C@@H]2C1. The van der Waals surface area contributed by atoms with Gasteiger partial charge in [0.15, 0.2) is 5.65 Å². The lowest BCUT2D eigenvalue weighted by molar-refractivity contribution is 0.0284. The van der Waals surface area contributed by atoms with Crippen molar-refractivity contribution >= 4 is 45.5 Å². The first kappa shape index (κ1) is 18.7. The third kappa shape index (κ3) is 3.57. The smallest absolute Gasteiger partial charge is 0.410 e. The quantitative estimate of drug-likeness (QED) is 0.625. The number of hydrogen-bond donors (Lipinski definition) is 1. The van der Waals surface area contributed by atoms with Gasteiger partial charge in [0.05, 0.1) is 11.4 Å². The van der Waals surface area contributed by atoms with Gasteiger partial charge in [-0.05, 0) is 74.5 Å². The fourth-order valence-corrected chi connectivity index (χ4v) is 5.06. The molecule has 2 N–H and O–H groups in total. The minimum Gasteiger partial charge on any atom is -0.444 e. The van der Waals surface area contributed by atoms with Crippen molar-refractivity contribution in [3.63, 3.8) is 0 Å². The molecule has 146 valence electrons. The molecule has 1 unspecified atom stereocenters. The van der Waals surface area contributed by atoms with E-state index in [-0.39, 0.29) is 12.1 Å². The van der Waals surface area contributed by atoms with Crippen molar-refractivity contribution in [3.8, 4) is 0 Å². The standard InChI is InChI=1S/C18H25IN6O2/c1-18(2,3)27-17(26)24-7-10-4-5-12(6-11(10)8-24)25-16-13(14(19)23-25)15(20)21-9-22-16/h9-12H,4-8H2,1-3H3,(H2,20,21,22)/t10?,11-,12-/m1/s1. The minimum atomic E-state index is -0.461. The number of likely N-dealkylation sites (tertiary alicyclic amines) is 1. The Morgan fingerprint density at radius 1 is 1.26 bits per heavy atom. The number of halogens is 1. The van der Waals surface area contributed by atoms with Crippen molar-refractivity contribution in [1.82, 2.24) is 24.6 Å². The number of amides is 1. The number of carbonyl (C=O) groups is 1. The zero-order valence-corrected chi connectivity index (χ0v) is 18.0. The van der Waals surface area contributed by atoms with E-state index in [1.54, 1.807) is 0 Å². The number of fused-ring (bicyclic) bond motifs is 2. The van der Waals surface area contributed by atoms with Gasteiger partial charge in [0.1, 0.15) is 21.4 Å². The molecule has 2 aromatic rings. The summed E-state index contributed by atoms with van der Waals surface area (Å²) in [4.78, 5) is 22.8. The summed E-state index contributed by atoms with van der Waals surface area (Å²) in [6, 6.07) is 0.269. The number of anilines is 1. The van der Waals surface area contributed by atoms with E-state index in [0.29, 0.717) is 17.7 Å². The number of hydrogen-bond acceptors (Lipinski definition) is 6. The third-order valence-electron chi connectivity index (χ3n) is 5.49. The first-order valence-electron chi connectivity index (χ1n) is 9.35. The minimum absolute atomic E-state index is 0.201. The van der Waals surface area contributed by atoms with E-state index in [9.17, 15) is 4.79 Å². The third-order valence-corrected chi connectivity index (χ3v) is 6.25. The molecule has 2 aliphatic rings. The van der Waals surface area contributed by atoms with Gasteiger partial charge in [-0.3, -0.25) is 0 Å². The van der Waals surface area contributed by atoms with Gasteiger partial charge < -0.3 is 15.4 Å². The van der Waals surface area contributed by atoms with E-state index < -0.39 is 5.60 Å². The Morgan fingerprint density at radius 3 is 2.74 bits per heavy atom. The number of aromatic nitrogens is 4. The molecule has 1 aliphatic carbocycles. The molecule has 8 nitrogen and oxygen atoms in total. The largest absolute Gasteiger partial charge is 0.444 e. The van der Waals surface area contributed by atoms with Gasteiger partial charge in [-0.25, -0.2) is 19.4 Å². The van der Waals surface area contributed by atoms with Crippen LogP contribution in [0.2, 0.25) is 0 Å². The van der Waals surface area contributed by atoms with Crippen LogP contribution < -0.4 is 5.73 Å². The lowest BCUT2D eigenvalue weighted by Crippen LogP contribution is -2.35. The molecule has 3 heterocycles. The Hall–Kier alpha value is -1.65. The highest BCUT2D eigenvalue weighted by atomic mass is 127. The van der Waals surface area contributed by atoms with Crippen LogP contribution in [0.5, 0.6) is 0 Å². The second-order valence-electron chi connectivity index (χ2n) is 8.57. The van der Waals surface area contributed by atoms with Crippen molar-refractivity contribution < 1.29 is 9.53 Å². The molecule has 1 saturated heterocycles. The summed E-state index contributed by atoms with van der Waals surface area (Å²) in [5.74, 6) is 1.48. The summed E-state index contributed by atoms with van der Waals surface area (Å²) >= 11 is 2.19. The van der Waals surface area contributed by atoms with Crippen LogP contribution in [0.25, 0.3) is 11.0 Å². The van der Waals surface area contributed by atoms with Crippen molar-refractivity contribution in [2.24, 2.45) is 11.8 Å². The molecule has 2 aromatic heterocycles. The Morgan fingerprint density at radius 2 is 2.00 bits per heavy atom. The van der Waals surface area contributed by atoms with Crippen molar-refractivity contribution in [2.45, 2.75) is 51.7 Å². The van der Waals surface area contributed by atoms with Crippen LogP contribution in [-0.2, 0) is 4.74 Å². The fraction of sp³-hybridized carbons (Fsp3) is 0.667. The van der Waals surface area contributed by atoms with E-state index in [2.05, 4.69) is 32.6 Å². The molecular weight excluding hydrogens is 459 g/mol. The molecular formula is C18H25IN6O2. The summed E-state index contributed by atoms with van der Waals surface area (Å²) in [7, 11) is 0. The number of nitrogens with zero attached hydrogens (tertiary/aromatic N) is 5. The van der Waals surface area contributed by atoms with Crippen molar-refractivity contribution in [2.75, 3.05) is 18.8 Å². The number of ether oxygens (including phenoxy) is 1. The molecule has 2 fully saturated rings. The first-order valence-corrected chi connectivity index (χ1v) is 10.4. The van der Waals surface area contributed by atoms with Crippen LogP contribution >= 0.6 is 22.6 Å². The summed E-state index contributed by atoms with van der Waals surface area (Å²) in [5, 5.41) is 5.54. The molecule has 3 atom stereocenters. The highest BCUT2D eigenvalue weighted by molar-refractivity contribution is 14.1. The van der Waals surface area contributed by atoms with E-state index in [4.69, 9.17) is 15.6 Å². The lowest BCUT2D eigenvalue weighted by atomic mass is 9.79. The number of nitrogens with two attached hydrogens (primary N) is 1. The molecule has 4 rings (SSSR count). The van der Waals surface area contributed by atoms with Gasteiger partial charge in [-0.15, -0.1) is 0 Å². The molecule has 1 saturated carbocycles. The summed E-state index contributed by atoms with van der Waals surface area (Å²) in [6.45, 7) is 7.26. The van der Waals surface area contributed by atoms with E-state index in [0.717, 1.165) is 47.1 Å². The Bertz CT molecular complexity index is 877. The van der Waals surface area contributed by atoms with Crippen molar-refractivity contribution in [1.29, 1.82) is 0 Å². The van der Waals surface area contributed by atoms with E-state index in [1.807, 2.05) is 30.4 Å². The zero-order valence-electron chi connectivity index (χ0n) is 15.9. The fourth-order valence-electron chi connectivity index (χ4n) is 4.31. The topological polar surface area (TPSA) is 99.2 Å². The molecule has 0 bridgehead atoms. The average molecular weight is 484 g/mol. The van der Waals surface area contributed by atoms with Gasteiger partial charge >= 0.3 is 6.09 Å². The summed E-state index contributed by atoms with van der Waals surface area (Å²) in [6.07, 6.45) is 4.39. The van der Waals surface area contributed by atoms with Crippen LogP contribution in [-0.4, -0.2) is 49.4 Å². The molecule has 0 spiro atoms. The predicted octanol–water partition coefficient (Wildman–Crippen LogP) is 3.22. The maximum absolute atomic E-state index is 12.4. The van der Waals surface area contributed by atoms with Gasteiger partial charge in [0.2, 0.25) is 0 Å². The van der Waals surface area contributed by atoms with Crippen LogP contribution in [0, 0.1) is 15.5 Å². The number of rotatable bonds is 1. The van der Waals surface area contributed by atoms with Crippen LogP contribution in [0.15, 0.2) is 6.33 Å². The summed E-state index contributed by atoms with van der Waals surface area (Å²) in [5.41, 5.74) is 6.36. The molecule has 27 heavy (non-hydrogen) atoms. The van der Waals surface area contributed by atoms with Gasteiger partial charge in [0.25, 0.3) is 0 Å². The Balaban J connectivity index is 1.51. The molecule has 0 aromatic carbocycles. The first-order chi connectivity index (χ1) is 12.7. The van der Waals surface area contributed by atoms with Crippen LogP contribution in [0.3, 0.4) is 0 Å². The Labute approximate surface area is 172 Å². The highest BCUT2D eigenvalue weighted by Gasteiger charge is 2.41. The summed E-state index contributed by atoms with van der Waals surface area (Å²) < 4.78 is 8.40. The maximum Gasteiger partial charge on any atom is 0.410 e.